The van der Waals surface area contributed by atoms with Gasteiger partial charge in [-0.3, -0.25) is 4.72 Å². The highest BCUT2D eigenvalue weighted by atomic mass is 32.2. The van der Waals surface area contributed by atoms with Crippen molar-refractivity contribution in [3.8, 4) is 0 Å². The van der Waals surface area contributed by atoms with Crippen molar-refractivity contribution < 1.29 is 8.42 Å². The number of hydrogen-bond donors (Lipinski definition) is 2. The number of pyridine rings is 1. The predicted octanol–water partition coefficient (Wildman–Crippen LogP) is 1.25. The Balaban J connectivity index is 2.75. The number of anilines is 1. The summed E-state index contributed by atoms with van der Waals surface area (Å²) in [6, 6.07) is 3.37. The summed E-state index contributed by atoms with van der Waals surface area (Å²) in [5, 5.41) is 0. The second-order valence-corrected chi connectivity index (χ2v) is 5.49. The molecule has 0 aliphatic heterocycles. The van der Waals surface area contributed by atoms with E-state index in [9.17, 15) is 8.42 Å². The van der Waals surface area contributed by atoms with E-state index in [0.717, 1.165) is 24.7 Å². The molecular formula is C10H17N3O2S. The smallest absolute Gasteiger partial charge is 0.230 e. The largest absolute Gasteiger partial charge is 0.324 e. The molecule has 0 saturated heterocycles. The number of sulfonamides is 1. The molecule has 1 aromatic rings. The van der Waals surface area contributed by atoms with Crippen LogP contribution in [-0.4, -0.2) is 19.7 Å². The van der Waals surface area contributed by atoms with Crippen LogP contribution in [0.3, 0.4) is 0 Å². The summed E-state index contributed by atoms with van der Waals surface area (Å²) < 4.78 is 24.2. The molecule has 0 aliphatic carbocycles. The Bertz CT molecular complexity index is 428. The van der Waals surface area contributed by atoms with Crippen LogP contribution >= 0.6 is 0 Å². The first-order valence-corrected chi connectivity index (χ1v) is 7.01. The van der Waals surface area contributed by atoms with Crippen molar-refractivity contribution in [1.29, 1.82) is 0 Å². The standard InChI is InChI=1S/C10H17N3O2S/c1-3-4-9(11)8-5-6-10(12-7-8)13-16(2,14)15/h5-7,9H,3-4,11H2,1-2H3,(H,12,13). The first-order valence-electron chi connectivity index (χ1n) is 5.11. The van der Waals surface area contributed by atoms with Crippen LogP contribution in [0.15, 0.2) is 18.3 Å². The fourth-order valence-corrected chi connectivity index (χ4v) is 1.85. The van der Waals surface area contributed by atoms with E-state index in [1.807, 2.05) is 0 Å². The highest BCUT2D eigenvalue weighted by Gasteiger charge is 2.06. The maximum atomic E-state index is 10.9. The molecule has 6 heteroatoms. The summed E-state index contributed by atoms with van der Waals surface area (Å²) in [6.07, 6.45) is 4.59. The van der Waals surface area contributed by atoms with Gasteiger partial charge in [-0.05, 0) is 18.1 Å². The van der Waals surface area contributed by atoms with E-state index in [0.29, 0.717) is 5.82 Å². The van der Waals surface area contributed by atoms with Gasteiger partial charge in [0, 0.05) is 12.2 Å². The summed E-state index contributed by atoms with van der Waals surface area (Å²) in [7, 11) is -3.26. The molecular weight excluding hydrogens is 226 g/mol. The molecule has 1 heterocycles. The topological polar surface area (TPSA) is 85.1 Å². The second-order valence-electron chi connectivity index (χ2n) is 3.75. The Labute approximate surface area is 96.1 Å². The zero-order valence-corrected chi connectivity index (χ0v) is 10.3. The lowest BCUT2D eigenvalue weighted by Crippen LogP contribution is -2.13. The summed E-state index contributed by atoms with van der Waals surface area (Å²) in [4.78, 5) is 4.00. The van der Waals surface area contributed by atoms with Gasteiger partial charge in [0.25, 0.3) is 0 Å². The summed E-state index contributed by atoms with van der Waals surface area (Å²) in [5.41, 5.74) is 6.82. The molecule has 1 unspecified atom stereocenters. The SMILES string of the molecule is CCCC(N)c1ccc(NS(C)(=O)=O)nc1. The Morgan fingerprint density at radius 1 is 1.50 bits per heavy atom. The quantitative estimate of drug-likeness (QED) is 0.815. The van der Waals surface area contributed by atoms with Gasteiger partial charge in [0.2, 0.25) is 10.0 Å². The lowest BCUT2D eigenvalue weighted by molar-refractivity contribution is 0.606. The number of hydrogen-bond acceptors (Lipinski definition) is 4. The van der Waals surface area contributed by atoms with Gasteiger partial charge in [0.1, 0.15) is 5.82 Å². The number of rotatable bonds is 5. The molecule has 5 nitrogen and oxygen atoms in total. The molecule has 0 aliphatic rings. The first-order chi connectivity index (χ1) is 7.42. The van der Waals surface area contributed by atoms with Crippen LogP contribution in [0.5, 0.6) is 0 Å². The third kappa shape index (κ3) is 4.16. The molecule has 1 atom stereocenters. The van der Waals surface area contributed by atoms with Crippen LogP contribution in [0.1, 0.15) is 31.4 Å². The van der Waals surface area contributed by atoms with E-state index in [1.54, 1.807) is 18.3 Å². The lowest BCUT2D eigenvalue weighted by Gasteiger charge is -2.10. The molecule has 0 aromatic carbocycles. The second kappa shape index (κ2) is 5.27. The van der Waals surface area contributed by atoms with Gasteiger partial charge in [0.05, 0.1) is 6.26 Å². The Morgan fingerprint density at radius 2 is 2.19 bits per heavy atom. The van der Waals surface area contributed by atoms with Crippen molar-refractivity contribution in [3.63, 3.8) is 0 Å². The van der Waals surface area contributed by atoms with Gasteiger partial charge in [-0.15, -0.1) is 0 Å². The Morgan fingerprint density at radius 3 is 2.62 bits per heavy atom. The lowest BCUT2D eigenvalue weighted by atomic mass is 10.1. The minimum absolute atomic E-state index is 0.0372. The zero-order chi connectivity index (χ0) is 12.2. The third-order valence-corrected chi connectivity index (χ3v) is 2.68. The molecule has 1 rings (SSSR count). The molecule has 3 N–H and O–H groups in total. The maximum Gasteiger partial charge on any atom is 0.230 e. The average molecular weight is 243 g/mol. The van der Waals surface area contributed by atoms with E-state index in [-0.39, 0.29) is 6.04 Å². The van der Waals surface area contributed by atoms with Crippen molar-refractivity contribution in [2.45, 2.75) is 25.8 Å². The van der Waals surface area contributed by atoms with Gasteiger partial charge < -0.3 is 5.73 Å². The highest BCUT2D eigenvalue weighted by Crippen LogP contribution is 2.16. The van der Waals surface area contributed by atoms with Gasteiger partial charge in [-0.1, -0.05) is 19.4 Å². The molecule has 0 bridgehead atoms. The average Bonchev–Trinajstić information content (AvgIpc) is 2.16. The fraction of sp³-hybridized carbons (Fsp3) is 0.500. The van der Waals surface area contributed by atoms with E-state index < -0.39 is 10.0 Å². The van der Waals surface area contributed by atoms with E-state index >= 15 is 0 Å². The van der Waals surface area contributed by atoms with Gasteiger partial charge in [0.15, 0.2) is 0 Å². The maximum absolute atomic E-state index is 10.9. The minimum atomic E-state index is -3.26. The Kier molecular flexibility index (Phi) is 4.26. The third-order valence-electron chi connectivity index (χ3n) is 2.10. The van der Waals surface area contributed by atoms with Crippen molar-refractivity contribution in [1.82, 2.24) is 4.98 Å². The number of nitrogens with zero attached hydrogens (tertiary/aromatic N) is 1. The van der Waals surface area contributed by atoms with E-state index in [1.165, 1.54) is 0 Å². The number of nitrogens with one attached hydrogen (secondary N) is 1. The van der Waals surface area contributed by atoms with Crippen molar-refractivity contribution in [3.05, 3.63) is 23.9 Å². The number of nitrogens with two attached hydrogens (primary N) is 1. The van der Waals surface area contributed by atoms with Crippen LogP contribution in [0, 0.1) is 0 Å². The normalized spacial score (nSPS) is 13.4. The Hall–Kier alpha value is -1.14. The molecule has 0 saturated carbocycles. The van der Waals surface area contributed by atoms with Crippen LogP contribution in [0.4, 0.5) is 5.82 Å². The van der Waals surface area contributed by atoms with Crippen molar-refractivity contribution >= 4 is 15.8 Å². The minimum Gasteiger partial charge on any atom is -0.324 e. The summed E-state index contributed by atoms with van der Waals surface area (Å²) in [5.74, 6) is 0.315. The highest BCUT2D eigenvalue weighted by molar-refractivity contribution is 7.92. The van der Waals surface area contributed by atoms with Crippen LogP contribution in [-0.2, 0) is 10.0 Å². The molecule has 1 aromatic heterocycles. The molecule has 16 heavy (non-hydrogen) atoms. The summed E-state index contributed by atoms with van der Waals surface area (Å²) >= 11 is 0. The van der Waals surface area contributed by atoms with Crippen LogP contribution in [0.2, 0.25) is 0 Å². The first kappa shape index (κ1) is 12.9. The number of aromatic nitrogens is 1. The van der Waals surface area contributed by atoms with Gasteiger partial charge >= 0.3 is 0 Å². The summed E-state index contributed by atoms with van der Waals surface area (Å²) in [6.45, 7) is 2.06. The fourth-order valence-electron chi connectivity index (χ4n) is 1.35. The monoisotopic (exact) mass is 243 g/mol. The van der Waals surface area contributed by atoms with Crippen molar-refractivity contribution in [2.75, 3.05) is 11.0 Å². The van der Waals surface area contributed by atoms with Crippen LogP contribution in [0.25, 0.3) is 0 Å². The molecule has 0 amide bonds. The molecule has 90 valence electrons. The van der Waals surface area contributed by atoms with E-state index in [4.69, 9.17) is 5.73 Å². The van der Waals surface area contributed by atoms with Gasteiger partial charge in [-0.2, -0.15) is 0 Å². The molecule has 0 spiro atoms. The molecule has 0 fully saturated rings. The van der Waals surface area contributed by atoms with Crippen LogP contribution < -0.4 is 10.5 Å². The van der Waals surface area contributed by atoms with E-state index in [2.05, 4.69) is 16.6 Å². The predicted molar refractivity (Wildman–Crippen MR) is 64.5 cm³/mol. The van der Waals surface area contributed by atoms with Gasteiger partial charge in [-0.25, -0.2) is 13.4 Å². The zero-order valence-electron chi connectivity index (χ0n) is 9.47. The van der Waals surface area contributed by atoms with Crippen molar-refractivity contribution in [2.24, 2.45) is 5.73 Å². The molecule has 0 radical (unpaired) electrons.